The van der Waals surface area contributed by atoms with E-state index in [1.54, 1.807) is 0 Å². The molecule has 0 bridgehead atoms. The number of nitrogens with zero attached hydrogens (tertiary/aromatic N) is 1. The van der Waals surface area contributed by atoms with E-state index in [0.29, 0.717) is 4.75 Å². The van der Waals surface area contributed by atoms with Crippen molar-refractivity contribution >= 4 is 29.6 Å². The number of hydrogen-bond acceptors (Lipinski definition) is 4. The van der Waals surface area contributed by atoms with E-state index in [1.165, 1.54) is 5.75 Å². The van der Waals surface area contributed by atoms with Crippen LogP contribution >= 0.6 is 23.5 Å². The van der Waals surface area contributed by atoms with Crippen LogP contribution in [0.1, 0.15) is 39.5 Å². The number of rotatable bonds is 1. The van der Waals surface area contributed by atoms with Crippen LogP contribution in [0.5, 0.6) is 0 Å². The zero-order chi connectivity index (χ0) is 15.6. The minimum atomic E-state index is 0.0392. The van der Waals surface area contributed by atoms with Crippen molar-refractivity contribution in [1.82, 2.24) is 10.2 Å². The lowest BCUT2D eigenvalue weighted by atomic mass is 9.90. The first-order chi connectivity index (χ1) is 10.5. The maximum absolute atomic E-state index is 12.6. The van der Waals surface area contributed by atoms with Gasteiger partial charge in [0, 0.05) is 42.0 Å². The first-order valence-corrected chi connectivity index (χ1v) is 10.5. The number of hydrogen-bond donors (Lipinski definition) is 1. The summed E-state index contributed by atoms with van der Waals surface area (Å²) >= 11 is 3.96. The van der Waals surface area contributed by atoms with Crippen molar-refractivity contribution < 1.29 is 9.53 Å². The van der Waals surface area contributed by atoms with Crippen LogP contribution in [0.15, 0.2) is 0 Å². The standard InChI is InChI=1S/C16H28N2O2S2/c1-15(2)4-6-18(7-10-22-15)14(19)17-13-3-8-20-16(11-13)5-9-21-12-16/h13H,3-12H2,1-2H3,(H,17,19). The summed E-state index contributed by atoms with van der Waals surface area (Å²) in [6.07, 6.45) is 4.14. The Morgan fingerprint density at radius 3 is 2.91 bits per heavy atom. The van der Waals surface area contributed by atoms with Gasteiger partial charge < -0.3 is 15.0 Å². The summed E-state index contributed by atoms with van der Waals surface area (Å²) in [6, 6.07) is 0.412. The molecule has 22 heavy (non-hydrogen) atoms. The molecule has 3 aliphatic heterocycles. The normalized spacial score (nSPS) is 35.4. The molecule has 126 valence electrons. The quantitative estimate of drug-likeness (QED) is 0.794. The second-order valence-electron chi connectivity index (χ2n) is 7.32. The predicted octanol–water partition coefficient (Wildman–Crippen LogP) is 2.97. The van der Waals surface area contributed by atoms with Gasteiger partial charge in [-0.25, -0.2) is 4.79 Å². The van der Waals surface area contributed by atoms with Gasteiger partial charge in [-0.1, -0.05) is 13.8 Å². The number of urea groups is 1. The van der Waals surface area contributed by atoms with Crippen LogP contribution in [-0.2, 0) is 4.74 Å². The zero-order valence-corrected chi connectivity index (χ0v) is 15.4. The second-order valence-corrected chi connectivity index (χ2v) is 10.2. The molecule has 0 aliphatic carbocycles. The molecule has 3 heterocycles. The number of carbonyl (C=O) groups is 1. The van der Waals surface area contributed by atoms with Crippen molar-refractivity contribution in [2.45, 2.75) is 55.9 Å². The van der Waals surface area contributed by atoms with E-state index in [2.05, 4.69) is 19.2 Å². The van der Waals surface area contributed by atoms with Crippen molar-refractivity contribution in [1.29, 1.82) is 0 Å². The highest BCUT2D eigenvalue weighted by atomic mass is 32.2. The number of thioether (sulfide) groups is 2. The smallest absolute Gasteiger partial charge is 0.317 e. The lowest BCUT2D eigenvalue weighted by Gasteiger charge is -2.38. The van der Waals surface area contributed by atoms with Gasteiger partial charge in [-0.2, -0.15) is 23.5 Å². The number of nitrogens with one attached hydrogen (secondary N) is 1. The highest BCUT2D eigenvalue weighted by Crippen LogP contribution is 2.38. The Bertz CT molecular complexity index is 411. The molecule has 4 nitrogen and oxygen atoms in total. The van der Waals surface area contributed by atoms with Crippen LogP contribution in [0.4, 0.5) is 4.79 Å². The molecule has 2 atom stereocenters. The summed E-state index contributed by atoms with van der Waals surface area (Å²) in [6.45, 7) is 7.08. The van der Waals surface area contributed by atoms with Gasteiger partial charge in [-0.15, -0.1) is 0 Å². The van der Waals surface area contributed by atoms with Gasteiger partial charge in [0.05, 0.1) is 5.60 Å². The third-order valence-electron chi connectivity index (χ3n) is 5.01. The molecule has 1 spiro atoms. The van der Waals surface area contributed by atoms with Crippen molar-refractivity contribution in [3.8, 4) is 0 Å². The van der Waals surface area contributed by atoms with E-state index >= 15 is 0 Å². The molecular weight excluding hydrogens is 316 g/mol. The highest BCUT2D eigenvalue weighted by molar-refractivity contribution is 8.00. The van der Waals surface area contributed by atoms with E-state index in [9.17, 15) is 4.79 Å². The fourth-order valence-electron chi connectivity index (χ4n) is 3.50. The second kappa shape index (κ2) is 6.81. The zero-order valence-electron chi connectivity index (χ0n) is 13.7. The van der Waals surface area contributed by atoms with Crippen LogP contribution < -0.4 is 5.32 Å². The van der Waals surface area contributed by atoms with Gasteiger partial charge in [0.15, 0.2) is 0 Å². The molecule has 0 aromatic carbocycles. The van der Waals surface area contributed by atoms with Crippen molar-refractivity contribution in [2.75, 3.05) is 37.0 Å². The summed E-state index contributed by atoms with van der Waals surface area (Å²) in [7, 11) is 0. The van der Waals surface area contributed by atoms with Gasteiger partial charge >= 0.3 is 6.03 Å². The minimum absolute atomic E-state index is 0.0392. The maximum Gasteiger partial charge on any atom is 0.317 e. The first-order valence-electron chi connectivity index (χ1n) is 8.39. The third kappa shape index (κ3) is 4.06. The molecule has 3 saturated heterocycles. The maximum atomic E-state index is 12.6. The molecule has 3 fully saturated rings. The van der Waals surface area contributed by atoms with Crippen LogP contribution in [0.2, 0.25) is 0 Å². The summed E-state index contributed by atoms with van der Waals surface area (Å²) < 4.78 is 6.33. The van der Waals surface area contributed by atoms with E-state index in [4.69, 9.17) is 4.74 Å². The average Bonchev–Trinajstić information content (AvgIpc) is 2.81. The van der Waals surface area contributed by atoms with Gasteiger partial charge in [-0.3, -0.25) is 0 Å². The predicted molar refractivity (Wildman–Crippen MR) is 94.9 cm³/mol. The van der Waals surface area contributed by atoms with Crippen molar-refractivity contribution in [3.63, 3.8) is 0 Å². The lowest BCUT2D eigenvalue weighted by molar-refractivity contribution is -0.0688. The number of carbonyl (C=O) groups excluding carboxylic acids is 1. The van der Waals surface area contributed by atoms with Crippen LogP contribution in [0.25, 0.3) is 0 Å². The summed E-state index contributed by atoms with van der Waals surface area (Å²) in [5, 5.41) is 3.28. The Hall–Kier alpha value is -0.0700. The summed E-state index contributed by atoms with van der Waals surface area (Å²) in [5.41, 5.74) is 0.0392. The Morgan fingerprint density at radius 1 is 1.27 bits per heavy atom. The summed E-state index contributed by atoms with van der Waals surface area (Å²) in [4.78, 5) is 14.6. The lowest BCUT2D eigenvalue weighted by Crippen LogP contribution is -2.52. The molecule has 0 saturated carbocycles. The highest BCUT2D eigenvalue weighted by Gasteiger charge is 2.41. The molecule has 2 unspecified atom stereocenters. The van der Waals surface area contributed by atoms with E-state index < -0.39 is 0 Å². The monoisotopic (exact) mass is 344 g/mol. The largest absolute Gasteiger partial charge is 0.374 e. The Balaban J connectivity index is 1.52. The van der Waals surface area contributed by atoms with Crippen LogP contribution in [0, 0.1) is 0 Å². The fraction of sp³-hybridized carbons (Fsp3) is 0.938. The first kappa shape index (κ1) is 16.8. The van der Waals surface area contributed by atoms with E-state index in [-0.39, 0.29) is 17.7 Å². The molecule has 3 aliphatic rings. The van der Waals surface area contributed by atoms with Gasteiger partial charge in [0.1, 0.15) is 0 Å². The fourth-order valence-corrected chi connectivity index (χ4v) is 5.98. The van der Waals surface area contributed by atoms with Crippen molar-refractivity contribution in [2.24, 2.45) is 0 Å². The molecular formula is C16H28N2O2S2. The van der Waals surface area contributed by atoms with Crippen LogP contribution in [-0.4, -0.2) is 64.3 Å². The molecule has 0 radical (unpaired) electrons. The average molecular weight is 345 g/mol. The molecule has 6 heteroatoms. The molecule has 1 N–H and O–H groups in total. The SMILES string of the molecule is CC1(C)CCN(C(=O)NC2CCOC3(CCSC3)C2)CCS1. The Labute approximate surface area is 142 Å². The van der Waals surface area contributed by atoms with E-state index in [0.717, 1.165) is 56.9 Å². The van der Waals surface area contributed by atoms with Gasteiger partial charge in [0.25, 0.3) is 0 Å². The molecule has 0 aromatic heterocycles. The number of amides is 2. The van der Waals surface area contributed by atoms with Crippen LogP contribution in [0.3, 0.4) is 0 Å². The third-order valence-corrected chi connectivity index (χ3v) is 7.61. The Morgan fingerprint density at radius 2 is 2.14 bits per heavy atom. The topological polar surface area (TPSA) is 41.6 Å². The van der Waals surface area contributed by atoms with Gasteiger partial charge in [-0.05, 0) is 31.4 Å². The molecule has 3 rings (SSSR count). The van der Waals surface area contributed by atoms with Gasteiger partial charge in [0.2, 0.25) is 0 Å². The minimum Gasteiger partial charge on any atom is -0.374 e. The Kier molecular flexibility index (Phi) is 5.20. The number of ether oxygens (including phenoxy) is 1. The van der Waals surface area contributed by atoms with Crippen molar-refractivity contribution in [3.05, 3.63) is 0 Å². The van der Waals surface area contributed by atoms with E-state index in [1.807, 2.05) is 28.4 Å². The molecule has 2 amide bonds. The molecule has 0 aromatic rings. The summed E-state index contributed by atoms with van der Waals surface area (Å²) in [5.74, 6) is 3.32.